The first-order valence-corrected chi connectivity index (χ1v) is 10.9. The number of fused-ring (bicyclic) bond motifs is 1. The lowest BCUT2D eigenvalue weighted by Crippen LogP contribution is -2.39. The number of halogens is 3. The standard InChI is InChI=1S/C25H22F3N3O2/c26-25(27,28)21-12-19(18-9-11-33-16-18)14-30-15-20(29-24(21)30)13-23(32)31-10-5-4-8-22(31)17-6-2-1-3-7-17/h1-3,6-7,9,11-12,14-16,22H,4-5,8,10,13H2. The number of benzene rings is 1. The van der Waals surface area contributed by atoms with Crippen molar-refractivity contribution in [3.8, 4) is 11.1 Å². The topological polar surface area (TPSA) is 50.8 Å². The van der Waals surface area contributed by atoms with Gasteiger partial charge in [0, 0.05) is 30.1 Å². The van der Waals surface area contributed by atoms with Crippen LogP contribution in [0.5, 0.6) is 0 Å². The van der Waals surface area contributed by atoms with Crippen molar-refractivity contribution in [2.45, 2.75) is 37.9 Å². The van der Waals surface area contributed by atoms with E-state index in [2.05, 4.69) is 4.98 Å². The molecule has 5 rings (SSSR count). The maximum atomic E-state index is 13.8. The van der Waals surface area contributed by atoms with Crippen LogP contribution in [-0.4, -0.2) is 26.7 Å². The van der Waals surface area contributed by atoms with E-state index in [0.29, 0.717) is 23.4 Å². The Labute approximate surface area is 188 Å². The quantitative estimate of drug-likeness (QED) is 0.386. The van der Waals surface area contributed by atoms with E-state index in [0.717, 1.165) is 30.9 Å². The SMILES string of the molecule is O=C(Cc1cn2cc(-c3ccoc3)cc(C(F)(F)F)c2n1)N1CCCCC1c1ccccc1. The van der Waals surface area contributed by atoms with Gasteiger partial charge in [-0.25, -0.2) is 4.98 Å². The summed E-state index contributed by atoms with van der Waals surface area (Å²) in [4.78, 5) is 19.2. The molecule has 5 nitrogen and oxygen atoms in total. The molecule has 1 amide bonds. The van der Waals surface area contributed by atoms with Crippen LogP contribution in [0.4, 0.5) is 13.2 Å². The zero-order chi connectivity index (χ0) is 23.0. The average Bonchev–Trinajstić information content (AvgIpc) is 3.48. The van der Waals surface area contributed by atoms with Crippen molar-refractivity contribution in [3.63, 3.8) is 0 Å². The van der Waals surface area contributed by atoms with E-state index >= 15 is 0 Å². The highest BCUT2D eigenvalue weighted by atomic mass is 19.4. The van der Waals surface area contributed by atoms with Gasteiger partial charge in [0.15, 0.2) is 0 Å². The number of pyridine rings is 1. The van der Waals surface area contributed by atoms with E-state index < -0.39 is 11.7 Å². The fourth-order valence-corrected chi connectivity index (χ4v) is 4.54. The highest BCUT2D eigenvalue weighted by Crippen LogP contribution is 2.36. The second kappa shape index (κ2) is 8.42. The van der Waals surface area contributed by atoms with Crippen LogP contribution in [0.2, 0.25) is 0 Å². The van der Waals surface area contributed by atoms with Gasteiger partial charge in [0.2, 0.25) is 5.91 Å². The van der Waals surface area contributed by atoms with Crippen molar-refractivity contribution >= 4 is 11.6 Å². The molecular weight excluding hydrogens is 431 g/mol. The smallest absolute Gasteiger partial charge is 0.420 e. The van der Waals surface area contributed by atoms with E-state index in [1.807, 2.05) is 35.2 Å². The van der Waals surface area contributed by atoms with Crippen molar-refractivity contribution in [2.24, 2.45) is 0 Å². The molecule has 1 unspecified atom stereocenters. The zero-order valence-electron chi connectivity index (χ0n) is 17.8. The normalized spacial score (nSPS) is 16.9. The van der Waals surface area contributed by atoms with Gasteiger partial charge in [0.05, 0.1) is 36.2 Å². The van der Waals surface area contributed by atoms with Crippen LogP contribution < -0.4 is 0 Å². The number of hydrogen-bond acceptors (Lipinski definition) is 3. The van der Waals surface area contributed by atoms with Crippen LogP contribution in [-0.2, 0) is 17.4 Å². The number of carbonyl (C=O) groups is 1. The Morgan fingerprint density at radius 2 is 1.91 bits per heavy atom. The van der Waals surface area contributed by atoms with Crippen molar-refractivity contribution in [1.82, 2.24) is 14.3 Å². The summed E-state index contributed by atoms with van der Waals surface area (Å²) in [6.45, 7) is 0.629. The maximum Gasteiger partial charge on any atom is 0.420 e. The monoisotopic (exact) mass is 453 g/mol. The molecule has 33 heavy (non-hydrogen) atoms. The van der Waals surface area contributed by atoms with E-state index in [4.69, 9.17) is 4.42 Å². The van der Waals surface area contributed by atoms with Crippen molar-refractivity contribution in [1.29, 1.82) is 0 Å². The summed E-state index contributed by atoms with van der Waals surface area (Å²) < 4.78 is 47.7. The Hall–Kier alpha value is -3.55. The minimum Gasteiger partial charge on any atom is -0.472 e. The summed E-state index contributed by atoms with van der Waals surface area (Å²) in [5, 5.41) is 0. The van der Waals surface area contributed by atoms with Crippen molar-refractivity contribution in [2.75, 3.05) is 6.54 Å². The first kappa shape index (κ1) is 21.3. The Kier molecular flexibility index (Phi) is 5.44. The third kappa shape index (κ3) is 4.25. The van der Waals surface area contributed by atoms with Gasteiger partial charge in [-0.1, -0.05) is 30.3 Å². The third-order valence-corrected chi connectivity index (χ3v) is 6.10. The summed E-state index contributed by atoms with van der Waals surface area (Å²) in [5.74, 6) is -0.129. The number of imidazole rings is 1. The van der Waals surface area contributed by atoms with Crippen LogP contribution in [0.1, 0.15) is 42.1 Å². The van der Waals surface area contributed by atoms with Gasteiger partial charge in [-0.15, -0.1) is 0 Å². The first-order valence-electron chi connectivity index (χ1n) is 10.9. The molecule has 0 bridgehead atoms. The lowest BCUT2D eigenvalue weighted by molar-refractivity contribution is -0.136. The number of hydrogen-bond donors (Lipinski definition) is 0. The molecule has 8 heteroatoms. The fourth-order valence-electron chi connectivity index (χ4n) is 4.54. The highest BCUT2D eigenvalue weighted by Gasteiger charge is 2.35. The van der Waals surface area contributed by atoms with Gasteiger partial charge < -0.3 is 13.7 Å². The molecule has 1 fully saturated rings. The number of aromatic nitrogens is 2. The number of rotatable bonds is 4. The van der Waals surface area contributed by atoms with Gasteiger partial charge in [0.1, 0.15) is 5.65 Å². The molecule has 1 aliphatic heterocycles. The largest absolute Gasteiger partial charge is 0.472 e. The number of amides is 1. The minimum atomic E-state index is -4.58. The Bertz CT molecular complexity index is 1260. The molecule has 0 aliphatic carbocycles. The predicted octanol–water partition coefficient (Wildman–Crippen LogP) is 5.91. The van der Waals surface area contributed by atoms with E-state index in [-0.39, 0.29) is 24.0 Å². The molecule has 0 N–H and O–H groups in total. The molecular formula is C25H22F3N3O2. The highest BCUT2D eigenvalue weighted by molar-refractivity contribution is 5.79. The van der Waals surface area contributed by atoms with Gasteiger partial charge in [-0.05, 0) is 37.0 Å². The second-order valence-electron chi connectivity index (χ2n) is 8.30. The summed E-state index contributed by atoms with van der Waals surface area (Å²) >= 11 is 0. The van der Waals surface area contributed by atoms with Crippen LogP contribution in [0, 0.1) is 0 Å². The molecule has 0 radical (unpaired) electrons. The summed E-state index contributed by atoms with van der Waals surface area (Å²) in [5.41, 5.74) is 1.22. The molecule has 0 saturated carbocycles. The number of furan rings is 1. The molecule has 1 saturated heterocycles. The maximum absolute atomic E-state index is 13.8. The van der Waals surface area contributed by atoms with Crippen molar-refractivity contribution < 1.29 is 22.4 Å². The van der Waals surface area contributed by atoms with Gasteiger partial charge in [0.25, 0.3) is 0 Å². The fraction of sp³-hybridized carbons (Fsp3) is 0.280. The molecule has 1 aliphatic rings. The van der Waals surface area contributed by atoms with Gasteiger partial charge in [-0.2, -0.15) is 13.2 Å². The first-order chi connectivity index (χ1) is 15.9. The third-order valence-electron chi connectivity index (χ3n) is 6.10. The average molecular weight is 453 g/mol. The van der Waals surface area contributed by atoms with Gasteiger partial charge in [-0.3, -0.25) is 4.79 Å². The van der Waals surface area contributed by atoms with E-state index in [9.17, 15) is 18.0 Å². The number of alkyl halides is 3. The molecule has 3 aromatic heterocycles. The molecule has 4 heterocycles. The van der Waals surface area contributed by atoms with Crippen LogP contribution in [0.3, 0.4) is 0 Å². The van der Waals surface area contributed by atoms with Gasteiger partial charge >= 0.3 is 6.18 Å². The lowest BCUT2D eigenvalue weighted by Gasteiger charge is -2.36. The molecule has 4 aromatic rings. The summed E-state index contributed by atoms with van der Waals surface area (Å²) in [7, 11) is 0. The van der Waals surface area contributed by atoms with Crippen LogP contribution in [0.15, 0.2) is 71.8 Å². The zero-order valence-corrected chi connectivity index (χ0v) is 17.8. The molecule has 170 valence electrons. The molecule has 1 atom stereocenters. The Morgan fingerprint density at radius 3 is 2.64 bits per heavy atom. The van der Waals surface area contributed by atoms with E-state index in [1.54, 1.807) is 12.3 Å². The summed E-state index contributed by atoms with van der Waals surface area (Å²) in [6, 6.07) is 12.5. The number of carbonyl (C=O) groups excluding carboxylic acids is 1. The van der Waals surface area contributed by atoms with Crippen LogP contribution >= 0.6 is 0 Å². The molecule has 0 spiro atoms. The Balaban J connectivity index is 1.47. The van der Waals surface area contributed by atoms with E-state index in [1.165, 1.54) is 23.1 Å². The molecule has 1 aromatic carbocycles. The second-order valence-corrected chi connectivity index (χ2v) is 8.30. The number of likely N-dealkylation sites (tertiary alicyclic amines) is 1. The number of nitrogens with zero attached hydrogens (tertiary/aromatic N) is 3. The van der Waals surface area contributed by atoms with Crippen molar-refractivity contribution in [3.05, 3.63) is 84.2 Å². The van der Waals surface area contributed by atoms with Crippen LogP contribution in [0.25, 0.3) is 16.8 Å². The number of piperidine rings is 1. The predicted molar refractivity (Wildman–Crippen MR) is 116 cm³/mol. The Morgan fingerprint density at radius 1 is 1.09 bits per heavy atom. The lowest BCUT2D eigenvalue weighted by atomic mass is 9.95. The summed E-state index contributed by atoms with van der Waals surface area (Å²) in [6.07, 6.45) is 4.05. The minimum absolute atomic E-state index is 0.0251.